The Balaban J connectivity index is 1.30. The quantitative estimate of drug-likeness (QED) is 0.764. The Morgan fingerprint density at radius 1 is 1.17 bits per heavy atom. The lowest BCUT2D eigenvalue weighted by Crippen LogP contribution is -2.44. The van der Waals surface area contributed by atoms with Crippen molar-refractivity contribution in [1.29, 1.82) is 0 Å². The number of carbonyl (C=O) groups excluding carboxylic acids is 1. The van der Waals surface area contributed by atoms with E-state index in [-0.39, 0.29) is 5.92 Å². The topological polar surface area (TPSA) is 44.4 Å². The normalized spacial score (nSPS) is 43.6. The van der Waals surface area contributed by atoms with Gasteiger partial charge in [0.05, 0.1) is 5.92 Å². The number of rotatable bonds is 3. The van der Waals surface area contributed by atoms with Gasteiger partial charge in [-0.3, -0.25) is 9.69 Å². The van der Waals surface area contributed by atoms with E-state index in [2.05, 4.69) is 15.5 Å². The van der Waals surface area contributed by atoms with Crippen LogP contribution in [-0.4, -0.2) is 48.1 Å². The van der Waals surface area contributed by atoms with Gasteiger partial charge in [0.1, 0.15) is 0 Å². The summed E-state index contributed by atoms with van der Waals surface area (Å²) in [6.45, 7) is 2.27. The van der Waals surface area contributed by atoms with Gasteiger partial charge in [-0.1, -0.05) is 0 Å². The van der Waals surface area contributed by atoms with Gasteiger partial charge in [-0.15, -0.1) is 0 Å². The average Bonchev–Trinajstić information content (AvgIpc) is 2.82. The number of carbonyl (C=O) groups is 1. The molecule has 18 heavy (non-hydrogen) atoms. The molecule has 0 aromatic carbocycles. The molecular formula is C14H23N3O. The number of nitrogens with zero attached hydrogens (tertiary/aromatic N) is 1. The first-order valence-corrected chi connectivity index (χ1v) is 7.60. The highest BCUT2D eigenvalue weighted by atomic mass is 16.2. The highest BCUT2D eigenvalue weighted by Gasteiger charge is 2.43. The van der Waals surface area contributed by atoms with Crippen molar-refractivity contribution in [2.24, 2.45) is 5.92 Å². The number of likely N-dealkylation sites (tertiary alicyclic amines) is 1. The Kier molecular flexibility index (Phi) is 2.62. The van der Waals surface area contributed by atoms with Crippen molar-refractivity contribution in [2.45, 2.75) is 62.7 Å². The van der Waals surface area contributed by atoms with E-state index in [1.807, 2.05) is 0 Å². The number of amides is 1. The molecule has 1 aliphatic carbocycles. The van der Waals surface area contributed by atoms with Gasteiger partial charge in [0.25, 0.3) is 0 Å². The summed E-state index contributed by atoms with van der Waals surface area (Å²) in [5.41, 5.74) is 0. The Hall–Kier alpha value is -0.610. The minimum absolute atomic E-state index is 0.249. The molecule has 2 N–H and O–H groups in total. The lowest BCUT2D eigenvalue weighted by Gasteiger charge is -2.22. The summed E-state index contributed by atoms with van der Waals surface area (Å²) in [5.74, 6) is 0.566. The van der Waals surface area contributed by atoms with E-state index in [1.54, 1.807) is 0 Å². The first kappa shape index (κ1) is 11.2. The van der Waals surface area contributed by atoms with Gasteiger partial charge in [-0.05, 0) is 38.5 Å². The van der Waals surface area contributed by atoms with Gasteiger partial charge in [-0.2, -0.15) is 0 Å². The van der Waals surface area contributed by atoms with E-state index >= 15 is 0 Å². The molecule has 100 valence electrons. The van der Waals surface area contributed by atoms with E-state index in [4.69, 9.17) is 0 Å². The van der Waals surface area contributed by atoms with Crippen LogP contribution in [0.3, 0.4) is 0 Å². The molecular weight excluding hydrogens is 226 g/mol. The van der Waals surface area contributed by atoms with E-state index in [1.165, 1.54) is 32.2 Å². The van der Waals surface area contributed by atoms with E-state index < -0.39 is 0 Å². The van der Waals surface area contributed by atoms with Crippen LogP contribution in [-0.2, 0) is 4.79 Å². The summed E-state index contributed by atoms with van der Waals surface area (Å²) in [4.78, 5) is 14.9. The molecule has 0 aromatic heterocycles. The second-order valence-corrected chi connectivity index (χ2v) is 6.61. The fraction of sp³-hybridized carbons (Fsp3) is 0.929. The molecule has 4 rings (SSSR count). The minimum Gasteiger partial charge on any atom is -0.352 e. The zero-order valence-corrected chi connectivity index (χ0v) is 10.9. The molecule has 4 unspecified atom stereocenters. The summed E-state index contributed by atoms with van der Waals surface area (Å²) in [6.07, 6.45) is 7.43. The SMILES string of the molecule is O=C(NC1CCN(C2CC2)C1)C1CC2CCC1N2. The zero-order chi connectivity index (χ0) is 12.1. The third-order valence-corrected chi connectivity index (χ3v) is 5.27. The van der Waals surface area contributed by atoms with E-state index in [0.717, 1.165) is 25.4 Å². The fourth-order valence-corrected chi connectivity index (χ4v) is 4.10. The minimum atomic E-state index is 0.249. The van der Waals surface area contributed by atoms with Gasteiger partial charge in [0, 0.05) is 37.3 Å². The molecule has 2 bridgehead atoms. The average molecular weight is 249 g/mol. The van der Waals surface area contributed by atoms with Crippen molar-refractivity contribution in [1.82, 2.24) is 15.5 Å². The first-order chi connectivity index (χ1) is 8.79. The van der Waals surface area contributed by atoms with Crippen LogP contribution < -0.4 is 10.6 Å². The summed E-state index contributed by atoms with van der Waals surface area (Å²) >= 11 is 0. The molecule has 3 aliphatic heterocycles. The van der Waals surface area contributed by atoms with Crippen LogP contribution >= 0.6 is 0 Å². The number of hydrogen-bond donors (Lipinski definition) is 2. The maximum absolute atomic E-state index is 12.3. The largest absolute Gasteiger partial charge is 0.352 e. The van der Waals surface area contributed by atoms with Crippen LogP contribution in [0.1, 0.15) is 38.5 Å². The van der Waals surface area contributed by atoms with Crippen LogP contribution in [0.5, 0.6) is 0 Å². The Morgan fingerprint density at radius 2 is 2.06 bits per heavy atom. The van der Waals surface area contributed by atoms with Crippen LogP contribution in [0, 0.1) is 5.92 Å². The third-order valence-electron chi connectivity index (χ3n) is 5.27. The van der Waals surface area contributed by atoms with Gasteiger partial charge in [0.15, 0.2) is 0 Å². The predicted molar refractivity (Wildman–Crippen MR) is 69.2 cm³/mol. The maximum atomic E-state index is 12.3. The lowest BCUT2D eigenvalue weighted by atomic mass is 9.88. The molecule has 4 atom stereocenters. The standard InChI is InChI=1S/C14H23N3O/c18-14(12-7-9-1-4-13(12)15-9)16-10-5-6-17(8-10)11-2-3-11/h9-13,15H,1-8H2,(H,16,18). The maximum Gasteiger partial charge on any atom is 0.225 e. The fourth-order valence-electron chi connectivity index (χ4n) is 4.10. The van der Waals surface area contributed by atoms with Crippen molar-refractivity contribution in [3.05, 3.63) is 0 Å². The summed E-state index contributed by atoms with van der Waals surface area (Å²) in [5, 5.41) is 6.85. The predicted octanol–water partition coefficient (Wildman–Crippen LogP) is 0.480. The molecule has 4 heteroatoms. The van der Waals surface area contributed by atoms with Gasteiger partial charge >= 0.3 is 0 Å². The van der Waals surface area contributed by atoms with Crippen molar-refractivity contribution in [3.8, 4) is 0 Å². The summed E-state index contributed by atoms with van der Waals surface area (Å²) < 4.78 is 0. The second kappa shape index (κ2) is 4.20. The molecule has 3 heterocycles. The van der Waals surface area contributed by atoms with Crippen molar-refractivity contribution < 1.29 is 4.79 Å². The number of fused-ring (bicyclic) bond motifs is 2. The Labute approximate surface area is 108 Å². The number of hydrogen-bond acceptors (Lipinski definition) is 3. The Bertz CT molecular complexity index is 355. The van der Waals surface area contributed by atoms with Crippen LogP contribution in [0.4, 0.5) is 0 Å². The monoisotopic (exact) mass is 249 g/mol. The molecule has 4 aliphatic rings. The van der Waals surface area contributed by atoms with E-state index in [9.17, 15) is 4.79 Å². The van der Waals surface area contributed by atoms with Gasteiger partial charge in [0.2, 0.25) is 5.91 Å². The highest BCUT2D eigenvalue weighted by Crippen LogP contribution is 2.34. The zero-order valence-electron chi connectivity index (χ0n) is 10.9. The molecule has 1 amide bonds. The lowest BCUT2D eigenvalue weighted by molar-refractivity contribution is -0.126. The van der Waals surface area contributed by atoms with Crippen molar-refractivity contribution >= 4 is 5.91 Å². The molecule has 4 fully saturated rings. The summed E-state index contributed by atoms with van der Waals surface area (Å²) in [6, 6.07) is 2.35. The number of nitrogens with one attached hydrogen (secondary N) is 2. The molecule has 0 aromatic rings. The van der Waals surface area contributed by atoms with Crippen LogP contribution in [0.15, 0.2) is 0 Å². The van der Waals surface area contributed by atoms with Gasteiger partial charge in [-0.25, -0.2) is 0 Å². The van der Waals surface area contributed by atoms with Crippen LogP contribution in [0.2, 0.25) is 0 Å². The smallest absolute Gasteiger partial charge is 0.225 e. The highest BCUT2D eigenvalue weighted by molar-refractivity contribution is 5.80. The second-order valence-electron chi connectivity index (χ2n) is 6.61. The molecule has 4 nitrogen and oxygen atoms in total. The third kappa shape index (κ3) is 1.95. The van der Waals surface area contributed by atoms with Crippen LogP contribution in [0.25, 0.3) is 0 Å². The van der Waals surface area contributed by atoms with Crippen molar-refractivity contribution in [2.75, 3.05) is 13.1 Å². The molecule has 1 saturated carbocycles. The Morgan fingerprint density at radius 3 is 2.72 bits per heavy atom. The summed E-state index contributed by atoms with van der Waals surface area (Å²) in [7, 11) is 0. The molecule has 0 radical (unpaired) electrons. The first-order valence-electron chi connectivity index (χ1n) is 7.60. The van der Waals surface area contributed by atoms with E-state index in [0.29, 0.717) is 24.0 Å². The molecule has 0 spiro atoms. The van der Waals surface area contributed by atoms with Gasteiger partial charge < -0.3 is 10.6 Å². The molecule has 3 saturated heterocycles. The van der Waals surface area contributed by atoms with Crippen molar-refractivity contribution in [3.63, 3.8) is 0 Å².